The van der Waals surface area contributed by atoms with Crippen molar-refractivity contribution in [1.29, 1.82) is 0 Å². The highest BCUT2D eigenvalue weighted by molar-refractivity contribution is 5.29. The van der Waals surface area contributed by atoms with Gasteiger partial charge >= 0.3 is 0 Å². The van der Waals surface area contributed by atoms with Crippen LogP contribution in [0.1, 0.15) is 44.5 Å². The number of nitrogens with two attached hydrogens (primary N) is 1. The predicted molar refractivity (Wildman–Crippen MR) is 89.8 cm³/mol. The third kappa shape index (κ3) is 2.70. The zero-order valence-electron chi connectivity index (χ0n) is 14.7. The third-order valence-corrected chi connectivity index (χ3v) is 5.20. The molecular weight excluding hydrogens is 306 g/mol. The van der Waals surface area contributed by atoms with Crippen molar-refractivity contribution in [2.75, 3.05) is 13.7 Å². The summed E-state index contributed by atoms with van der Waals surface area (Å²) in [5.74, 6) is 1.95. The van der Waals surface area contributed by atoms with Crippen molar-refractivity contribution in [2.45, 2.75) is 45.3 Å². The van der Waals surface area contributed by atoms with Crippen LogP contribution >= 0.6 is 0 Å². The summed E-state index contributed by atoms with van der Waals surface area (Å²) in [6.07, 6.45) is 1.40. The van der Waals surface area contributed by atoms with E-state index < -0.39 is 5.54 Å². The zero-order valence-corrected chi connectivity index (χ0v) is 14.7. The van der Waals surface area contributed by atoms with Gasteiger partial charge in [-0.3, -0.25) is 0 Å². The van der Waals surface area contributed by atoms with E-state index in [1.54, 1.807) is 7.11 Å². The number of benzene rings is 1. The molecule has 2 aromatic rings. The summed E-state index contributed by atoms with van der Waals surface area (Å²) in [4.78, 5) is 4.54. The fraction of sp³-hybridized carbons (Fsp3) is 0.556. The normalized spacial score (nSPS) is 25.3. The highest BCUT2D eigenvalue weighted by Gasteiger charge is 2.62. The summed E-state index contributed by atoms with van der Waals surface area (Å²) in [7, 11) is 1.65. The van der Waals surface area contributed by atoms with E-state index >= 15 is 0 Å². The number of hydrogen-bond donors (Lipinski definition) is 1. The first kappa shape index (κ1) is 16.9. The van der Waals surface area contributed by atoms with Crippen LogP contribution in [-0.2, 0) is 16.7 Å². The summed E-state index contributed by atoms with van der Waals surface area (Å²) >= 11 is 0. The number of rotatable bonds is 6. The van der Waals surface area contributed by atoms with Crippen molar-refractivity contribution in [3.63, 3.8) is 0 Å². The first-order valence-corrected chi connectivity index (χ1v) is 8.27. The molecular formula is C18H25N3O3. The average Bonchev–Trinajstić information content (AvgIpc) is 3.04. The molecule has 2 atom stereocenters. The Morgan fingerprint density at radius 2 is 2.00 bits per heavy atom. The third-order valence-electron chi connectivity index (χ3n) is 5.20. The molecule has 2 unspecified atom stereocenters. The monoisotopic (exact) mass is 331 g/mol. The van der Waals surface area contributed by atoms with E-state index in [2.05, 4.69) is 24.0 Å². The first-order chi connectivity index (χ1) is 11.4. The van der Waals surface area contributed by atoms with Gasteiger partial charge in [-0.05, 0) is 24.6 Å². The van der Waals surface area contributed by atoms with Gasteiger partial charge in [0.15, 0.2) is 5.82 Å². The SMILES string of the molecule is CCOC1CC(N)(c2nc(Cc3ccc(OC)cc3)no2)C1(C)C. The molecule has 130 valence electrons. The Morgan fingerprint density at radius 3 is 2.58 bits per heavy atom. The van der Waals surface area contributed by atoms with Crippen molar-refractivity contribution in [2.24, 2.45) is 11.1 Å². The van der Waals surface area contributed by atoms with Gasteiger partial charge in [0.1, 0.15) is 11.3 Å². The van der Waals surface area contributed by atoms with Gasteiger partial charge in [0.05, 0.1) is 13.2 Å². The van der Waals surface area contributed by atoms with Gasteiger partial charge in [0.2, 0.25) is 5.89 Å². The van der Waals surface area contributed by atoms with Gasteiger partial charge in [0.25, 0.3) is 0 Å². The molecule has 0 radical (unpaired) electrons. The van der Waals surface area contributed by atoms with Gasteiger partial charge in [0, 0.05) is 24.9 Å². The van der Waals surface area contributed by atoms with E-state index in [9.17, 15) is 0 Å². The van der Waals surface area contributed by atoms with Crippen molar-refractivity contribution in [1.82, 2.24) is 10.1 Å². The fourth-order valence-corrected chi connectivity index (χ4v) is 3.23. The second kappa shape index (κ2) is 6.18. The van der Waals surface area contributed by atoms with Gasteiger partial charge in [-0.1, -0.05) is 31.1 Å². The molecule has 24 heavy (non-hydrogen) atoms. The van der Waals surface area contributed by atoms with Crippen LogP contribution in [0.15, 0.2) is 28.8 Å². The minimum Gasteiger partial charge on any atom is -0.497 e. The first-order valence-electron chi connectivity index (χ1n) is 8.27. The number of nitrogens with zero attached hydrogens (tertiary/aromatic N) is 2. The Hall–Kier alpha value is -1.92. The maximum Gasteiger partial charge on any atom is 0.247 e. The second-order valence-electron chi connectivity index (χ2n) is 6.88. The smallest absolute Gasteiger partial charge is 0.247 e. The van der Waals surface area contributed by atoms with Crippen LogP contribution in [0.5, 0.6) is 5.75 Å². The quantitative estimate of drug-likeness (QED) is 0.876. The molecule has 1 aliphatic carbocycles. The molecule has 6 nitrogen and oxygen atoms in total. The number of ether oxygens (including phenoxy) is 2. The lowest BCUT2D eigenvalue weighted by molar-refractivity contribution is -0.162. The van der Waals surface area contributed by atoms with Crippen molar-refractivity contribution in [3.8, 4) is 5.75 Å². The lowest BCUT2D eigenvalue weighted by Gasteiger charge is -2.56. The molecule has 3 rings (SSSR count). The Bertz CT molecular complexity index is 696. The van der Waals surface area contributed by atoms with Crippen molar-refractivity contribution < 1.29 is 14.0 Å². The van der Waals surface area contributed by atoms with Gasteiger partial charge in [-0.2, -0.15) is 4.98 Å². The number of aromatic nitrogens is 2. The van der Waals surface area contributed by atoms with Crippen LogP contribution in [0, 0.1) is 5.41 Å². The molecule has 6 heteroatoms. The van der Waals surface area contributed by atoms with Crippen LogP contribution in [0.25, 0.3) is 0 Å². The van der Waals surface area contributed by atoms with E-state index in [1.807, 2.05) is 31.2 Å². The number of hydrogen-bond acceptors (Lipinski definition) is 6. The highest BCUT2D eigenvalue weighted by Crippen LogP contribution is 2.55. The Balaban J connectivity index is 1.73. The molecule has 0 saturated heterocycles. The summed E-state index contributed by atoms with van der Waals surface area (Å²) in [6, 6.07) is 7.82. The van der Waals surface area contributed by atoms with Crippen LogP contribution in [0.3, 0.4) is 0 Å². The van der Waals surface area contributed by atoms with E-state index in [0.717, 1.165) is 11.3 Å². The predicted octanol–water partition coefficient (Wildman–Crippen LogP) is 2.66. The highest BCUT2D eigenvalue weighted by atomic mass is 16.5. The molecule has 1 aliphatic rings. The van der Waals surface area contributed by atoms with Crippen LogP contribution < -0.4 is 10.5 Å². The van der Waals surface area contributed by atoms with Gasteiger partial charge in [-0.25, -0.2) is 0 Å². The van der Waals surface area contributed by atoms with Crippen LogP contribution in [0.4, 0.5) is 0 Å². The molecule has 1 fully saturated rings. The summed E-state index contributed by atoms with van der Waals surface area (Å²) in [6.45, 7) is 6.84. The van der Waals surface area contributed by atoms with Crippen LogP contribution in [0.2, 0.25) is 0 Å². The number of methoxy groups -OCH3 is 1. The molecule has 2 N–H and O–H groups in total. The van der Waals surface area contributed by atoms with Crippen molar-refractivity contribution in [3.05, 3.63) is 41.5 Å². The second-order valence-corrected chi connectivity index (χ2v) is 6.88. The lowest BCUT2D eigenvalue weighted by Crippen LogP contribution is -2.67. The molecule has 0 bridgehead atoms. The Morgan fingerprint density at radius 1 is 1.29 bits per heavy atom. The molecule has 1 aromatic carbocycles. The molecule has 1 saturated carbocycles. The summed E-state index contributed by atoms with van der Waals surface area (Å²) < 4.78 is 16.4. The van der Waals surface area contributed by atoms with E-state index in [-0.39, 0.29) is 11.5 Å². The minimum atomic E-state index is -0.641. The molecule has 1 heterocycles. The van der Waals surface area contributed by atoms with E-state index in [1.165, 1.54) is 0 Å². The zero-order chi connectivity index (χ0) is 17.4. The Labute approximate surface area is 142 Å². The molecule has 0 spiro atoms. The van der Waals surface area contributed by atoms with E-state index in [4.69, 9.17) is 19.7 Å². The molecule has 0 aliphatic heterocycles. The standard InChI is InChI=1S/C18H25N3O3/c1-5-23-14-11-18(19,17(14,2)3)16-20-15(21-24-16)10-12-6-8-13(22-4)9-7-12/h6-9,14H,5,10-11,19H2,1-4H3. The fourth-order valence-electron chi connectivity index (χ4n) is 3.23. The maximum atomic E-state index is 6.57. The largest absolute Gasteiger partial charge is 0.497 e. The Kier molecular flexibility index (Phi) is 4.36. The molecule has 1 aromatic heterocycles. The molecule has 0 amide bonds. The van der Waals surface area contributed by atoms with E-state index in [0.29, 0.717) is 31.2 Å². The van der Waals surface area contributed by atoms with Crippen molar-refractivity contribution >= 4 is 0 Å². The van der Waals surface area contributed by atoms with Gasteiger partial charge < -0.3 is 19.7 Å². The minimum absolute atomic E-state index is 0.115. The summed E-state index contributed by atoms with van der Waals surface area (Å²) in [5, 5.41) is 4.10. The van der Waals surface area contributed by atoms with Crippen LogP contribution in [-0.4, -0.2) is 30.0 Å². The lowest BCUT2D eigenvalue weighted by atomic mass is 9.54. The average molecular weight is 331 g/mol. The van der Waals surface area contributed by atoms with Gasteiger partial charge in [-0.15, -0.1) is 0 Å². The topological polar surface area (TPSA) is 83.4 Å². The maximum absolute atomic E-state index is 6.57. The summed E-state index contributed by atoms with van der Waals surface area (Å²) in [5.41, 5.74) is 6.78.